The molecular formula is C38H42SiZr-4. The summed E-state index contributed by atoms with van der Waals surface area (Å²) in [6.45, 7) is 18.8. The summed E-state index contributed by atoms with van der Waals surface area (Å²) in [6, 6.07) is 41.5. The molecule has 0 nitrogen and oxygen atoms in total. The van der Waals surface area contributed by atoms with Gasteiger partial charge in [-0.3, -0.25) is 0 Å². The van der Waals surface area contributed by atoms with Gasteiger partial charge in [0, 0.05) is 0 Å². The summed E-state index contributed by atoms with van der Waals surface area (Å²) in [5, 5.41) is 8.17. The van der Waals surface area contributed by atoms with Crippen molar-refractivity contribution >= 4 is 39.2 Å². The molecule has 0 saturated carbocycles. The molecule has 0 fully saturated rings. The first-order valence-electron chi connectivity index (χ1n) is 13.4. The minimum absolute atomic E-state index is 0. The number of benzene rings is 4. The van der Waals surface area contributed by atoms with Gasteiger partial charge in [0.15, 0.2) is 0 Å². The van der Waals surface area contributed by atoms with E-state index in [0.29, 0.717) is 0 Å². The molecule has 0 aliphatic heterocycles. The van der Waals surface area contributed by atoms with E-state index in [1.165, 1.54) is 72.3 Å². The zero-order valence-corrected chi connectivity index (χ0v) is 28.9. The number of rotatable bonds is 0. The summed E-state index contributed by atoms with van der Waals surface area (Å²) in [5.74, 6) is 0. The Kier molecular flexibility index (Phi) is 12.5. The maximum atomic E-state index is 3.06. The first-order valence-corrected chi connectivity index (χ1v) is 17.6. The van der Waals surface area contributed by atoms with E-state index in [1.54, 1.807) is 0 Å². The average molecular weight is 618 g/mol. The van der Waals surface area contributed by atoms with Crippen molar-refractivity contribution in [1.82, 2.24) is 0 Å². The van der Waals surface area contributed by atoms with Crippen LogP contribution in [0.3, 0.4) is 0 Å². The second-order valence-electron chi connectivity index (χ2n) is 12.0. The number of fused-ring (bicyclic) bond motifs is 4. The third-order valence-electron chi connectivity index (χ3n) is 6.81. The van der Waals surface area contributed by atoms with Crippen LogP contribution >= 0.6 is 0 Å². The molecule has 40 heavy (non-hydrogen) atoms. The van der Waals surface area contributed by atoms with E-state index in [2.05, 4.69) is 140 Å². The van der Waals surface area contributed by atoms with Crippen LogP contribution < -0.4 is 0 Å². The maximum absolute atomic E-state index is 3.06. The van der Waals surface area contributed by atoms with E-state index in [1.807, 2.05) is 30.3 Å². The SMILES string of the molecule is CC(C)(C)c1ccc2c(c1)[cH-]c1cc(C(C)(C)C)ccc12.Cc1cc2ccccc2[cH-]1.[CH3-].[Si]=[Zr].[c-]1ccccc1. The van der Waals surface area contributed by atoms with Crippen LogP contribution in [0.2, 0.25) is 0 Å². The molecule has 0 unspecified atom stereocenters. The quantitative estimate of drug-likeness (QED) is 0.117. The molecule has 0 aliphatic rings. The zero-order chi connectivity index (χ0) is 28.6. The molecule has 206 valence electrons. The Bertz CT molecular complexity index is 1480. The molecule has 6 aromatic carbocycles. The van der Waals surface area contributed by atoms with Gasteiger partial charge in [0.2, 0.25) is 0 Å². The summed E-state index contributed by atoms with van der Waals surface area (Å²) < 4.78 is 0. The Balaban J connectivity index is 0.000000243. The Morgan fingerprint density at radius 1 is 0.600 bits per heavy atom. The van der Waals surface area contributed by atoms with Crippen molar-refractivity contribution < 1.29 is 23.3 Å². The predicted octanol–water partition coefficient (Wildman–Crippen LogP) is 10.7. The number of hydrogen-bond donors (Lipinski definition) is 0. The van der Waals surface area contributed by atoms with E-state index in [4.69, 9.17) is 0 Å². The summed E-state index contributed by atoms with van der Waals surface area (Å²) in [6.07, 6.45) is 0. The fourth-order valence-corrected chi connectivity index (χ4v) is 4.60. The van der Waals surface area contributed by atoms with Crippen molar-refractivity contribution in [3.63, 3.8) is 0 Å². The van der Waals surface area contributed by atoms with Gasteiger partial charge >= 0.3 is 30.2 Å². The van der Waals surface area contributed by atoms with Crippen LogP contribution in [0.15, 0.2) is 109 Å². The van der Waals surface area contributed by atoms with Crippen molar-refractivity contribution in [3.8, 4) is 0 Å². The normalized spacial score (nSPS) is 10.8. The van der Waals surface area contributed by atoms with Gasteiger partial charge < -0.3 is 7.43 Å². The van der Waals surface area contributed by atoms with Gasteiger partial charge in [-0.15, -0.1) is 80.3 Å². The van der Waals surface area contributed by atoms with Crippen LogP contribution in [-0.2, 0) is 34.2 Å². The van der Waals surface area contributed by atoms with Crippen molar-refractivity contribution in [3.05, 3.63) is 139 Å². The summed E-state index contributed by atoms with van der Waals surface area (Å²) >= 11 is 1.36. The monoisotopic (exact) mass is 616 g/mol. The van der Waals surface area contributed by atoms with E-state index < -0.39 is 0 Å². The second-order valence-corrected chi connectivity index (χ2v) is 12.0. The summed E-state index contributed by atoms with van der Waals surface area (Å²) in [7, 11) is 0. The Morgan fingerprint density at radius 2 is 1.10 bits per heavy atom. The van der Waals surface area contributed by atoms with Gasteiger partial charge in [0.1, 0.15) is 0 Å². The average Bonchev–Trinajstić information content (AvgIpc) is 3.49. The van der Waals surface area contributed by atoms with Gasteiger partial charge in [-0.1, -0.05) is 89.9 Å². The van der Waals surface area contributed by atoms with Gasteiger partial charge in [0.05, 0.1) is 0 Å². The molecule has 6 aromatic rings. The van der Waals surface area contributed by atoms with Crippen LogP contribution in [-0.4, -0.2) is 6.88 Å². The number of aryl methyl sites for hydroxylation is 1. The van der Waals surface area contributed by atoms with E-state index in [-0.39, 0.29) is 18.3 Å². The molecule has 2 heteroatoms. The van der Waals surface area contributed by atoms with Crippen molar-refractivity contribution in [2.75, 3.05) is 0 Å². The molecule has 0 spiro atoms. The molecule has 0 aliphatic carbocycles. The molecule has 0 N–H and O–H groups in total. The molecule has 0 atom stereocenters. The molecule has 0 saturated heterocycles. The third kappa shape index (κ3) is 8.98. The standard InChI is InChI=1S/C21H25.C10H9.C6H5.CH3.Si.Zr/c1-20(2,3)16-7-9-18-14(12-16)11-15-13-17(21(4,5)6)8-10-19(15)18;1-8-6-9-4-2-3-5-10(9)7-8;1-2-4-6-5-3-1;;;/h7-13H,1-6H3;2-7H,1H3;1-5H;1H3;;/q4*-1;;. The first kappa shape index (κ1) is 33.7. The van der Waals surface area contributed by atoms with Gasteiger partial charge in [-0.25, -0.2) is 0 Å². The molecule has 6 rings (SSSR count). The smallest absolute Gasteiger partial charge is 0.171 e. The van der Waals surface area contributed by atoms with E-state index in [9.17, 15) is 0 Å². The molecule has 0 aromatic heterocycles. The van der Waals surface area contributed by atoms with Gasteiger partial charge in [0.25, 0.3) is 0 Å². The van der Waals surface area contributed by atoms with E-state index in [0.717, 1.165) is 0 Å². The third-order valence-corrected chi connectivity index (χ3v) is 6.81. The van der Waals surface area contributed by atoms with Crippen LogP contribution in [0.5, 0.6) is 0 Å². The van der Waals surface area contributed by atoms with E-state index >= 15 is 0 Å². The molecule has 0 amide bonds. The fourth-order valence-electron chi connectivity index (χ4n) is 4.60. The number of hydrogen-bond acceptors (Lipinski definition) is 0. The molecule has 0 bridgehead atoms. The fraction of sp³-hybridized carbons (Fsp3) is 0.237. The van der Waals surface area contributed by atoms with Gasteiger partial charge in [-0.2, -0.15) is 42.5 Å². The Morgan fingerprint density at radius 3 is 1.50 bits per heavy atom. The Hall–Kier alpha value is -2.54. The second kappa shape index (κ2) is 14.9. The maximum Gasteiger partial charge on any atom is -0.171 e. The predicted molar refractivity (Wildman–Crippen MR) is 176 cm³/mol. The zero-order valence-electron chi connectivity index (χ0n) is 25.4. The topological polar surface area (TPSA) is 0 Å². The minimum atomic E-state index is 0. The molecular weight excluding hydrogens is 576 g/mol. The summed E-state index contributed by atoms with van der Waals surface area (Å²) in [4.78, 5) is 0. The summed E-state index contributed by atoms with van der Waals surface area (Å²) in [5.41, 5.74) is 4.56. The van der Waals surface area contributed by atoms with Gasteiger partial charge in [-0.05, 0) is 10.8 Å². The van der Waals surface area contributed by atoms with Crippen molar-refractivity contribution in [2.45, 2.75) is 59.3 Å². The Labute approximate surface area is 259 Å². The molecule has 0 heterocycles. The van der Waals surface area contributed by atoms with Crippen LogP contribution in [0.4, 0.5) is 0 Å². The first-order chi connectivity index (χ1) is 18.5. The van der Waals surface area contributed by atoms with Crippen molar-refractivity contribution in [2.24, 2.45) is 0 Å². The molecule has 2 radical (unpaired) electrons. The largest absolute Gasteiger partial charge is 0.184 e. The van der Waals surface area contributed by atoms with Crippen LogP contribution in [0.1, 0.15) is 58.2 Å². The van der Waals surface area contributed by atoms with Crippen LogP contribution in [0.25, 0.3) is 32.3 Å². The van der Waals surface area contributed by atoms with Crippen LogP contribution in [0, 0.1) is 20.4 Å². The van der Waals surface area contributed by atoms with Crippen molar-refractivity contribution in [1.29, 1.82) is 0 Å². The minimum Gasteiger partial charge on any atom is -0.184 e.